The van der Waals surface area contributed by atoms with Gasteiger partial charge in [-0.2, -0.15) is 5.26 Å². The zero-order valence-corrected chi connectivity index (χ0v) is 9.28. The Balaban J connectivity index is 2.08. The van der Waals surface area contributed by atoms with Crippen molar-refractivity contribution in [2.45, 2.75) is 51.1 Å². The highest BCUT2D eigenvalue weighted by Gasteiger charge is 2.39. The van der Waals surface area contributed by atoms with Crippen LogP contribution in [0.2, 0.25) is 0 Å². The number of carbonyl (C=O) groups excluding carboxylic acids is 1. The second kappa shape index (κ2) is 4.32. The predicted octanol–water partition coefficient (Wildman–Crippen LogP) is 1.73. The van der Waals surface area contributed by atoms with Crippen LogP contribution in [0.5, 0.6) is 0 Å². The molecule has 3 heteroatoms. The van der Waals surface area contributed by atoms with Gasteiger partial charge >= 0.3 is 0 Å². The van der Waals surface area contributed by atoms with Crippen LogP contribution in [0.3, 0.4) is 0 Å². The fraction of sp³-hybridized carbons (Fsp3) is 0.833. The molecule has 15 heavy (non-hydrogen) atoms. The second-order valence-corrected chi connectivity index (χ2v) is 4.72. The molecule has 0 amide bonds. The lowest BCUT2D eigenvalue weighted by Crippen LogP contribution is -2.42. The molecule has 2 fully saturated rings. The van der Waals surface area contributed by atoms with Crippen molar-refractivity contribution in [2.75, 3.05) is 6.54 Å². The third-order valence-corrected chi connectivity index (χ3v) is 3.84. The summed E-state index contributed by atoms with van der Waals surface area (Å²) in [6.07, 6.45) is 5.09. The van der Waals surface area contributed by atoms with Crippen molar-refractivity contribution >= 4 is 5.78 Å². The molecule has 3 unspecified atom stereocenters. The van der Waals surface area contributed by atoms with Gasteiger partial charge in [0.2, 0.25) is 0 Å². The average molecular weight is 206 g/mol. The van der Waals surface area contributed by atoms with Crippen molar-refractivity contribution < 1.29 is 4.79 Å². The van der Waals surface area contributed by atoms with Crippen LogP contribution in [0.15, 0.2) is 0 Å². The molecule has 1 heterocycles. The van der Waals surface area contributed by atoms with Crippen molar-refractivity contribution in [2.24, 2.45) is 5.92 Å². The molecule has 0 N–H and O–H groups in total. The molecule has 2 aliphatic rings. The standard InChI is InChI=1S/C12H18N2O/c1-9(8-13)14-7-3-5-11(14)10-4-2-6-12(10)15/h9-11H,2-7H2,1H3. The Bertz CT molecular complexity index is 294. The van der Waals surface area contributed by atoms with Crippen LogP contribution in [-0.2, 0) is 4.79 Å². The second-order valence-electron chi connectivity index (χ2n) is 4.72. The molecule has 0 aromatic heterocycles. The van der Waals surface area contributed by atoms with Crippen molar-refractivity contribution in [3.8, 4) is 6.07 Å². The Morgan fingerprint density at radius 2 is 2.27 bits per heavy atom. The number of carbonyl (C=O) groups is 1. The Kier molecular flexibility index (Phi) is 3.06. The highest BCUT2D eigenvalue weighted by Crippen LogP contribution is 2.34. The van der Waals surface area contributed by atoms with E-state index in [-0.39, 0.29) is 12.0 Å². The predicted molar refractivity (Wildman–Crippen MR) is 57.2 cm³/mol. The molecule has 3 atom stereocenters. The minimum atomic E-state index is -0.0362. The topological polar surface area (TPSA) is 44.1 Å². The molecular formula is C12H18N2O. The Morgan fingerprint density at radius 1 is 1.47 bits per heavy atom. The van der Waals surface area contributed by atoms with Crippen LogP contribution < -0.4 is 0 Å². The van der Waals surface area contributed by atoms with Gasteiger partial charge in [-0.25, -0.2) is 0 Å². The van der Waals surface area contributed by atoms with E-state index in [0.717, 1.165) is 38.6 Å². The van der Waals surface area contributed by atoms with Gasteiger partial charge in [0, 0.05) is 18.4 Å². The molecule has 0 radical (unpaired) electrons. The fourth-order valence-electron chi connectivity index (χ4n) is 3.05. The number of nitriles is 1. The quantitative estimate of drug-likeness (QED) is 0.691. The van der Waals surface area contributed by atoms with Crippen LogP contribution in [0.4, 0.5) is 0 Å². The number of hydrogen-bond acceptors (Lipinski definition) is 3. The third kappa shape index (κ3) is 1.91. The largest absolute Gasteiger partial charge is 0.299 e. The van der Waals surface area contributed by atoms with Crippen LogP contribution >= 0.6 is 0 Å². The highest BCUT2D eigenvalue weighted by atomic mass is 16.1. The summed E-state index contributed by atoms with van der Waals surface area (Å²) < 4.78 is 0. The maximum absolute atomic E-state index is 11.7. The summed E-state index contributed by atoms with van der Waals surface area (Å²) in [6.45, 7) is 2.93. The van der Waals surface area contributed by atoms with Crippen LogP contribution in [-0.4, -0.2) is 29.3 Å². The Hall–Kier alpha value is -0.880. The van der Waals surface area contributed by atoms with Crippen LogP contribution in [0.25, 0.3) is 0 Å². The van der Waals surface area contributed by atoms with Gasteiger partial charge in [0.05, 0.1) is 12.1 Å². The number of ketones is 1. The molecule has 0 aromatic rings. The van der Waals surface area contributed by atoms with Gasteiger partial charge < -0.3 is 0 Å². The Morgan fingerprint density at radius 3 is 2.87 bits per heavy atom. The summed E-state index contributed by atoms with van der Waals surface area (Å²) >= 11 is 0. The van der Waals surface area contributed by atoms with E-state index in [1.54, 1.807) is 0 Å². The number of nitrogens with zero attached hydrogens (tertiary/aromatic N) is 2. The number of rotatable bonds is 2. The van der Waals surface area contributed by atoms with E-state index >= 15 is 0 Å². The lowest BCUT2D eigenvalue weighted by atomic mass is 9.94. The highest BCUT2D eigenvalue weighted by molar-refractivity contribution is 5.83. The normalized spacial score (nSPS) is 34.3. The van der Waals surface area contributed by atoms with Crippen LogP contribution in [0, 0.1) is 17.2 Å². The summed E-state index contributed by atoms with van der Waals surface area (Å²) in [7, 11) is 0. The van der Waals surface area contributed by atoms with E-state index < -0.39 is 0 Å². The first-order valence-electron chi connectivity index (χ1n) is 5.92. The van der Waals surface area contributed by atoms with Gasteiger partial charge in [-0.3, -0.25) is 9.69 Å². The summed E-state index contributed by atoms with van der Waals surface area (Å²) in [4.78, 5) is 13.9. The molecule has 82 valence electrons. The minimum absolute atomic E-state index is 0.0362. The third-order valence-electron chi connectivity index (χ3n) is 3.84. The van der Waals surface area contributed by atoms with Crippen molar-refractivity contribution in [1.29, 1.82) is 5.26 Å². The molecule has 2 rings (SSSR count). The van der Waals surface area contributed by atoms with Gasteiger partial charge in [-0.1, -0.05) is 0 Å². The number of Topliss-reactive ketones (excluding diaryl/α,β-unsaturated/α-hetero) is 1. The molecular weight excluding hydrogens is 188 g/mol. The minimum Gasteiger partial charge on any atom is -0.299 e. The zero-order valence-electron chi connectivity index (χ0n) is 9.28. The van der Waals surface area contributed by atoms with Gasteiger partial charge in [-0.05, 0) is 39.2 Å². The molecule has 0 aromatic carbocycles. The van der Waals surface area contributed by atoms with Gasteiger partial charge in [0.1, 0.15) is 5.78 Å². The summed E-state index contributed by atoms with van der Waals surface area (Å²) in [5.74, 6) is 0.653. The monoisotopic (exact) mass is 206 g/mol. The summed E-state index contributed by atoms with van der Waals surface area (Å²) in [5, 5.41) is 8.95. The molecule has 0 spiro atoms. The van der Waals surface area contributed by atoms with E-state index in [1.165, 1.54) is 0 Å². The molecule has 1 saturated carbocycles. The maximum atomic E-state index is 11.7. The van der Waals surface area contributed by atoms with Crippen molar-refractivity contribution in [1.82, 2.24) is 4.90 Å². The molecule has 1 aliphatic carbocycles. The Labute approximate surface area is 91.1 Å². The van der Waals surface area contributed by atoms with Crippen LogP contribution in [0.1, 0.15) is 39.0 Å². The van der Waals surface area contributed by atoms with E-state index in [0.29, 0.717) is 11.8 Å². The van der Waals surface area contributed by atoms with Gasteiger partial charge in [0.25, 0.3) is 0 Å². The lowest BCUT2D eigenvalue weighted by Gasteiger charge is -2.30. The molecule has 3 nitrogen and oxygen atoms in total. The smallest absolute Gasteiger partial charge is 0.137 e. The first-order valence-corrected chi connectivity index (χ1v) is 5.92. The van der Waals surface area contributed by atoms with Gasteiger partial charge in [-0.15, -0.1) is 0 Å². The van der Waals surface area contributed by atoms with E-state index in [4.69, 9.17) is 5.26 Å². The van der Waals surface area contributed by atoms with Crippen molar-refractivity contribution in [3.63, 3.8) is 0 Å². The van der Waals surface area contributed by atoms with E-state index in [9.17, 15) is 4.79 Å². The van der Waals surface area contributed by atoms with E-state index in [2.05, 4.69) is 11.0 Å². The van der Waals surface area contributed by atoms with Gasteiger partial charge in [0.15, 0.2) is 0 Å². The fourth-order valence-corrected chi connectivity index (χ4v) is 3.05. The first-order chi connectivity index (χ1) is 7.24. The van der Waals surface area contributed by atoms with E-state index in [1.807, 2.05) is 6.92 Å². The van der Waals surface area contributed by atoms with Crippen molar-refractivity contribution in [3.05, 3.63) is 0 Å². The lowest BCUT2D eigenvalue weighted by molar-refractivity contribution is -0.122. The summed E-state index contributed by atoms with van der Waals surface area (Å²) in [5.41, 5.74) is 0. The molecule has 1 aliphatic heterocycles. The first kappa shape index (κ1) is 10.6. The number of likely N-dealkylation sites (tertiary alicyclic amines) is 1. The molecule has 0 bridgehead atoms. The zero-order chi connectivity index (χ0) is 10.8. The SMILES string of the molecule is CC(C#N)N1CCCC1C1CCCC1=O. The average Bonchev–Trinajstić information content (AvgIpc) is 2.84. The summed E-state index contributed by atoms with van der Waals surface area (Å²) in [6, 6.07) is 2.61. The maximum Gasteiger partial charge on any atom is 0.137 e. The molecule has 1 saturated heterocycles. The number of hydrogen-bond donors (Lipinski definition) is 0.